The van der Waals surface area contributed by atoms with E-state index in [0.29, 0.717) is 18.3 Å². The smallest absolute Gasteiger partial charge is 0.252 e. The van der Waals surface area contributed by atoms with Crippen LogP contribution in [0.1, 0.15) is 24.6 Å². The Bertz CT molecular complexity index is 451. The van der Waals surface area contributed by atoms with Crippen LogP contribution in [0, 0.1) is 0 Å². The lowest BCUT2D eigenvalue weighted by Gasteiger charge is -2.32. The third-order valence-corrected chi connectivity index (χ3v) is 3.22. The van der Waals surface area contributed by atoms with Gasteiger partial charge in [0.15, 0.2) is 5.82 Å². The maximum Gasteiger partial charge on any atom is 0.252 e. The molecule has 0 aliphatic carbocycles. The highest BCUT2D eigenvalue weighted by Crippen LogP contribution is 2.15. The van der Waals surface area contributed by atoms with Gasteiger partial charge in [0.2, 0.25) is 5.91 Å². The Balaban J connectivity index is 1.78. The van der Waals surface area contributed by atoms with Gasteiger partial charge in [-0.05, 0) is 12.8 Å². The lowest BCUT2D eigenvalue weighted by Crippen LogP contribution is -2.44. The first-order valence-electron chi connectivity index (χ1n) is 6.91. The number of ether oxygens (including phenoxy) is 3. The van der Waals surface area contributed by atoms with Crippen LogP contribution in [-0.2, 0) is 32.2 Å². The van der Waals surface area contributed by atoms with Crippen LogP contribution >= 0.6 is 0 Å². The molecule has 118 valence electrons. The maximum absolute atomic E-state index is 11.8. The molecule has 1 atom stereocenters. The van der Waals surface area contributed by atoms with Crippen LogP contribution in [0.25, 0.3) is 0 Å². The number of piperidine rings is 1. The quantitative estimate of drug-likeness (QED) is 0.718. The highest BCUT2D eigenvalue weighted by atomic mass is 16.5. The lowest BCUT2D eigenvalue weighted by atomic mass is 10.1. The number of methoxy groups -OCH3 is 2. The highest BCUT2D eigenvalue weighted by Gasteiger charge is 2.24. The van der Waals surface area contributed by atoms with Gasteiger partial charge in [-0.2, -0.15) is 4.98 Å². The van der Waals surface area contributed by atoms with Crippen LogP contribution in [-0.4, -0.2) is 61.0 Å². The van der Waals surface area contributed by atoms with Gasteiger partial charge < -0.3 is 23.6 Å². The summed E-state index contributed by atoms with van der Waals surface area (Å²) in [6.45, 7) is 1.99. The number of amides is 1. The van der Waals surface area contributed by atoms with Crippen molar-refractivity contribution in [2.45, 2.75) is 32.2 Å². The van der Waals surface area contributed by atoms with Gasteiger partial charge in [0.25, 0.3) is 5.89 Å². The highest BCUT2D eigenvalue weighted by molar-refractivity contribution is 5.77. The number of likely N-dealkylation sites (tertiary alicyclic amines) is 1. The second-order valence-corrected chi connectivity index (χ2v) is 4.89. The van der Waals surface area contributed by atoms with Crippen molar-refractivity contribution in [3.05, 3.63) is 11.7 Å². The van der Waals surface area contributed by atoms with Crippen LogP contribution in [0.15, 0.2) is 4.52 Å². The normalized spacial score (nSPS) is 19.0. The summed E-state index contributed by atoms with van der Waals surface area (Å²) in [4.78, 5) is 17.7. The van der Waals surface area contributed by atoms with Gasteiger partial charge in [-0.3, -0.25) is 4.79 Å². The van der Waals surface area contributed by atoms with Crippen molar-refractivity contribution in [3.8, 4) is 0 Å². The van der Waals surface area contributed by atoms with Crippen molar-refractivity contribution in [1.82, 2.24) is 15.0 Å². The number of nitrogens with zero attached hydrogens (tertiary/aromatic N) is 3. The number of hydrogen-bond acceptors (Lipinski definition) is 7. The average Bonchev–Trinajstić information content (AvgIpc) is 2.94. The molecule has 0 spiro atoms. The minimum atomic E-state index is -0.0102. The van der Waals surface area contributed by atoms with E-state index in [-0.39, 0.29) is 31.8 Å². The van der Waals surface area contributed by atoms with Crippen molar-refractivity contribution in [3.63, 3.8) is 0 Å². The summed E-state index contributed by atoms with van der Waals surface area (Å²) in [5, 5.41) is 3.81. The van der Waals surface area contributed by atoms with E-state index in [1.54, 1.807) is 12.0 Å². The first kappa shape index (κ1) is 15.9. The van der Waals surface area contributed by atoms with E-state index >= 15 is 0 Å². The third-order valence-electron chi connectivity index (χ3n) is 3.22. The van der Waals surface area contributed by atoms with Gasteiger partial charge in [-0.15, -0.1) is 0 Å². The van der Waals surface area contributed by atoms with Gasteiger partial charge in [0.05, 0.1) is 6.10 Å². The maximum atomic E-state index is 11.8. The summed E-state index contributed by atoms with van der Waals surface area (Å²) in [5.74, 6) is 0.909. The zero-order chi connectivity index (χ0) is 15.1. The predicted molar refractivity (Wildman–Crippen MR) is 71.3 cm³/mol. The molecular formula is C13H21N3O5. The SMILES string of the molecule is COCC(=O)N1CCCC(OCc2noc(COC)n2)C1. The summed E-state index contributed by atoms with van der Waals surface area (Å²) < 4.78 is 20.5. The van der Waals surface area contributed by atoms with Crippen molar-refractivity contribution in [1.29, 1.82) is 0 Å². The number of rotatable bonds is 7. The van der Waals surface area contributed by atoms with Crippen LogP contribution in [0.3, 0.4) is 0 Å². The molecule has 0 bridgehead atoms. The predicted octanol–water partition coefficient (Wildman–Crippen LogP) is 0.370. The summed E-state index contributed by atoms with van der Waals surface area (Å²) in [6.07, 6.45) is 1.82. The van der Waals surface area contributed by atoms with E-state index < -0.39 is 0 Å². The standard InChI is InChI=1S/C13H21N3O5/c1-18-8-12-14-11(15-21-12)7-20-10-4-3-5-16(6-10)13(17)9-19-2/h10H,3-9H2,1-2H3. The van der Waals surface area contributed by atoms with Crippen molar-refractivity contribution >= 4 is 5.91 Å². The van der Waals surface area contributed by atoms with E-state index in [1.165, 1.54) is 7.11 Å². The lowest BCUT2D eigenvalue weighted by molar-refractivity contribution is -0.139. The van der Waals surface area contributed by atoms with Gasteiger partial charge in [-0.25, -0.2) is 0 Å². The third kappa shape index (κ3) is 4.76. The summed E-state index contributed by atoms with van der Waals surface area (Å²) >= 11 is 0. The molecule has 2 heterocycles. The van der Waals surface area contributed by atoms with E-state index in [2.05, 4.69) is 10.1 Å². The molecule has 8 heteroatoms. The zero-order valence-corrected chi connectivity index (χ0v) is 12.4. The van der Waals surface area contributed by atoms with Gasteiger partial charge >= 0.3 is 0 Å². The minimum absolute atomic E-state index is 0.00672. The number of hydrogen-bond donors (Lipinski definition) is 0. The minimum Gasteiger partial charge on any atom is -0.375 e. The molecule has 21 heavy (non-hydrogen) atoms. The molecule has 1 amide bonds. The Hall–Kier alpha value is -1.51. The monoisotopic (exact) mass is 299 g/mol. The first-order valence-corrected chi connectivity index (χ1v) is 6.91. The van der Waals surface area contributed by atoms with Crippen LogP contribution < -0.4 is 0 Å². The molecule has 0 aromatic carbocycles. The molecule has 1 fully saturated rings. The molecular weight excluding hydrogens is 278 g/mol. The largest absolute Gasteiger partial charge is 0.375 e. The number of carbonyl (C=O) groups excluding carboxylic acids is 1. The van der Waals surface area contributed by atoms with Crippen LogP contribution in [0.2, 0.25) is 0 Å². The van der Waals surface area contributed by atoms with Gasteiger partial charge in [0, 0.05) is 27.3 Å². The molecule has 0 saturated carbocycles. The molecule has 1 aromatic heterocycles. The Kier molecular flexibility index (Phi) is 6.09. The van der Waals surface area contributed by atoms with Crippen molar-refractivity contribution in [2.24, 2.45) is 0 Å². The van der Waals surface area contributed by atoms with Gasteiger partial charge in [-0.1, -0.05) is 5.16 Å². The fourth-order valence-corrected chi connectivity index (χ4v) is 2.24. The van der Waals surface area contributed by atoms with Crippen molar-refractivity contribution < 1.29 is 23.5 Å². The molecule has 0 N–H and O–H groups in total. The van der Waals surface area contributed by atoms with Crippen LogP contribution in [0.4, 0.5) is 0 Å². The Labute approximate surface area is 123 Å². The molecule has 1 unspecified atom stereocenters. The summed E-state index contributed by atoms with van der Waals surface area (Å²) in [5.41, 5.74) is 0. The van der Waals surface area contributed by atoms with E-state index in [0.717, 1.165) is 19.4 Å². The number of aromatic nitrogens is 2. The Morgan fingerprint density at radius 2 is 2.24 bits per heavy atom. The molecule has 8 nitrogen and oxygen atoms in total. The number of carbonyl (C=O) groups is 1. The fraction of sp³-hybridized carbons (Fsp3) is 0.769. The topological polar surface area (TPSA) is 86.9 Å². The Morgan fingerprint density at radius 3 is 3.00 bits per heavy atom. The summed E-state index contributed by atoms with van der Waals surface area (Å²) in [7, 11) is 3.08. The van der Waals surface area contributed by atoms with E-state index in [4.69, 9.17) is 18.7 Å². The van der Waals surface area contributed by atoms with Crippen molar-refractivity contribution in [2.75, 3.05) is 33.9 Å². The molecule has 0 radical (unpaired) electrons. The molecule has 1 saturated heterocycles. The molecule has 1 aliphatic rings. The second kappa shape index (κ2) is 8.06. The molecule has 1 aromatic rings. The molecule has 1 aliphatic heterocycles. The summed E-state index contributed by atoms with van der Waals surface area (Å²) in [6, 6.07) is 0. The second-order valence-electron chi connectivity index (χ2n) is 4.89. The molecule has 2 rings (SSSR count). The fourth-order valence-electron chi connectivity index (χ4n) is 2.24. The first-order chi connectivity index (χ1) is 10.2. The zero-order valence-electron chi connectivity index (χ0n) is 12.4. The Morgan fingerprint density at radius 1 is 1.38 bits per heavy atom. The van der Waals surface area contributed by atoms with Crippen LogP contribution in [0.5, 0.6) is 0 Å². The van der Waals surface area contributed by atoms with Gasteiger partial charge in [0.1, 0.15) is 19.8 Å². The van der Waals surface area contributed by atoms with E-state index in [9.17, 15) is 4.79 Å². The van der Waals surface area contributed by atoms with E-state index in [1.807, 2.05) is 0 Å². The average molecular weight is 299 g/mol.